The molecule has 1 heterocycles. The van der Waals surface area contributed by atoms with Crippen molar-refractivity contribution in [2.24, 2.45) is 5.41 Å². The Bertz CT molecular complexity index is 528. The van der Waals surface area contributed by atoms with Crippen LogP contribution in [0.15, 0.2) is 16.6 Å². The van der Waals surface area contributed by atoms with Crippen LogP contribution in [0.3, 0.4) is 0 Å². The average molecular weight is 354 g/mol. The number of carbonyl (C=O) groups is 1. The minimum atomic E-state index is -0.00994. The minimum Gasteiger partial charge on any atom is -0.381 e. The van der Waals surface area contributed by atoms with E-state index in [4.69, 9.17) is 4.74 Å². The zero-order chi connectivity index (χ0) is 15.6. The molecule has 0 spiro atoms. The zero-order valence-corrected chi connectivity index (χ0v) is 14.8. The van der Waals surface area contributed by atoms with Gasteiger partial charge in [0.25, 0.3) is 0 Å². The number of hydrogen-bond donors (Lipinski definition) is 1. The zero-order valence-electron chi connectivity index (χ0n) is 13.3. The van der Waals surface area contributed by atoms with Gasteiger partial charge in [-0.1, -0.05) is 36.7 Å². The predicted octanol–water partition coefficient (Wildman–Crippen LogP) is 4.64. The lowest BCUT2D eigenvalue weighted by Gasteiger charge is -2.21. The number of nitrogens with one attached hydrogen (secondary N) is 1. The summed E-state index contributed by atoms with van der Waals surface area (Å²) in [6.45, 7) is 9.80. The molecular weight excluding hydrogens is 330 g/mol. The third-order valence-electron chi connectivity index (χ3n) is 3.66. The summed E-state index contributed by atoms with van der Waals surface area (Å²) < 4.78 is 6.56. The van der Waals surface area contributed by atoms with Gasteiger partial charge in [-0.3, -0.25) is 4.79 Å². The van der Waals surface area contributed by atoms with Gasteiger partial charge in [-0.15, -0.1) is 0 Å². The second-order valence-corrected chi connectivity index (χ2v) is 7.95. The maximum Gasteiger partial charge on any atom is 0.224 e. The van der Waals surface area contributed by atoms with E-state index in [0.29, 0.717) is 12.3 Å². The number of benzene rings is 1. The first-order valence-corrected chi connectivity index (χ1v) is 8.23. The van der Waals surface area contributed by atoms with E-state index >= 15 is 0 Å². The Morgan fingerprint density at radius 2 is 2.14 bits per heavy atom. The fraction of sp³-hybridized carbons (Fsp3) is 0.588. The van der Waals surface area contributed by atoms with Crippen molar-refractivity contribution in [1.29, 1.82) is 0 Å². The number of anilines is 1. The fourth-order valence-corrected chi connectivity index (χ4v) is 3.30. The minimum absolute atomic E-state index is 0.00994. The molecule has 4 heteroatoms. The largest absolute Gasteiger partial charge is 0.381 e. The van der Waals surface area contributed by atoms with Crippen LogP contribution in [0.1, 0.15) is 50.7 Å². The van der Waals surface area contributed by atoms with Crippen LogP contribution in [0.5, 0.6) is 0 Å². The number of rotatable bonds is 3. The maximum absolute atomic E-state index is 12.3. The summed E-state index contributed by atoms with van der Waals surface area (Å²) in [5.74, 6) is 0.444. The Morgan fingerprint density at radius 1 is 1.43 bits per heavy atom. The van der Waals surface area contributed by atoms with E-state index in [-0.39, 0.29) is 11.3 Å². The Hall–Kier alpha value is -0.870. The average Bonchev–Trinajstić information content (AvgIpc) is 2.83. The Kier molecular flexibility index (Phi) is 5.10. The fourth-order valence-electron chi connectivity index (χ4n) is 2.71. The molecule has 116 valence electrons. The lowest BCUT2D eigenvalue weighted by Crippen LogP contribution is -2.21. The smallest absolute Gasteiger partial charge is 0.224 e. The molecule has 1 aliphatic heterocycles. The number of ether oxygens (including phenoxy) is 1. The SMILES string of the molecule is Cc1cc(Br)cc(C2CCOC2)c1NC(=O)CC(C)(C)C. The van der Waals surface area contributed by atoms with Crippen LogP contribution in [0, 0.1) is 12.3 Å². The summed E-state index contributed by atoms with van der Waals surface area (Å²) in [4.78, 5) is 12.3. The molecule has 1 aliphatic rings. The number of hydrogen-bond acceptors (Lipinski definition) is 2. The first-order chi connectivity index (χ1) is 9.76. The molecule has 1 unspecified atom stereocenters. The van der Waals surface area contributed by atoms with Gasteiger partial charge in [0.15, 0.2) is 0 Å². The van der Waals surface area contributed by atoms with Crippen LogP contribution in [-0.4, -0.2) is 19.1 Å². The van der Waals surface area contributed by atoms with Crippen molar-refractivity contribution in [1.82, 2.24) is 0 Å². The van der Waals surface area contributed by atoms with Crippen LogP contribution >= 0.6 is 15.9 Å². The van der Waals surface area contributed by atoms with Crippen molar-refractivity contribution in [2.45, 2.75) is 46.5 Å². The lowest BCUT2D eigenvalue weighted by molar-refractivity contribution is -0.117. The number of aryl methyl sites for hydroxylation is 1. The number of halogens is 1. The van der Waals surface area contributed by atoms with E-state index in [0.717, 1.165) is 35.4 Å². The van der Waals surface area contributed by atoms with Crippen LogP contribution in [-0.2, 0) is 9.53 Å². The van der Waals surface area contributed by atoms with E-state index in [1.54, 1.807) is 0 Å². The first kappa shape index (κ1) is 16.5. The van der Waals surface area contributed by atoms with Gasteiger partial charge >= 0.3 is 0 Å². The van der Waals surface area contributed by atoms with Crippen molar-refractivity contribution in [2.75, 3.05) is 18.5 Å². The highest BCUT2D eigenvalue weighted by Gasteiger charge is 2.24. The van der Waals surface area contributed by atoms with Crippen LogP contribution in [0.4, 0.5) is 5.69 Å². The Balaban J connectivity index is 2.27. The topological polar surface area (TPSA) is 38.3 Å². The molecule has 21 heavy (non-hydrogen) atoms. The highest BCUT2D eigenvalue weighted by atomic mass is 79.9. The lowest BCUT2D eigenvalue weighted by atomic mass is 9.91. The quantitative estimate of drug-likeness (QED) is 0.859. The predicted molar refractivity (Wildman–Crippen MR) is 89.8 cm³/mol. The molecule has 0 bridgehead atoms. The monoisotopic (exact) mass is 353 g/mol. The summed E-state index contributed by atoms with van der Waals surface area (Å²) in [5, 5.41) is 3.12. The second-order valence-electron chi connectivity index (χ2n) is 7.03. The summed E-state index contributed by atoms with van der Waals surface area (Å²) in [5.41, 5.74) is 3.22. The summed E-state index contributed by atoms with van der Waals surface area (Å²) in [6, 6.07) is 4.16. The van der Waals surface area contributed by atoms with Gasteiger partial charge in [0.05, 0.1) is 6.61 Å². The second kappa shape index (κ2) is 6.49. The molecule has 1 N–H and O–H groups in total. The number of carbonyl (C=O) groups excluding carboxylic acids is 1. The molecule has 3 nitrogen and oxygen atoms in total. The van der Waals surface area contributed by atoms with Crippen LogP contribution < -0.4 is 5.32 Å². The standard InChI is InChI=1S/C17H24BrNO2/c1-11-7-13(18)8-14(12-5-6-21-10-12)16(11)19-15(20)9-17(2,3)4/h7-8,12H,5-6,9-10H2,1-4H3,(H,19,20). The van der Waals surface area contributed by atoms with Gasteiger partial charge in [0.1, 0.15) is 0 Å². The number of amides is 1. The molecule has 2 rings (SSSR count). The molecule has 0 aromatic heterocycles. The van der Waals surface area contributed by atoms with Gasteiger partial charge < -0.3 is 10.1 Å². The van der Waals surface area contributed by atoms with E-state index < -0.39 is 0 Å². The molecule has 0 aliphatic carbocycles. The van der Waals surface area contributed by atoms with E-state index in [2.05, 4.69) is 48.1 Å². The van der Waals surface area contributed by atoms with Crippen LogP contribution in [0.2, 0.25) is 0 Å². The molecule has 0 saturated carbocycles. The van der Waals surface area contributed by atoms with Gasteiger partial charge in [0, 0.05) is 29.1 Å². The normalized spacial score (nSPS) is 18.8. The Morgan fingerprint density at radius 3 is 2.71 bits per heavy atom. The van der Waals surface area contributed by atoms with Crippen molar-refractivity contribution in [3.8, 4) is 0 Å². The van der Waals surface area contributed by atoms with Crippen molar-refractivity contribution in [3.63, 3.8) is 0 Å². The summed E-state index contributed by atoms with van der Waals surface area (Å²) in [7, 11) is 0. The Labute approximate surface area is 135 Å². The maximum atomic E-state index is 12.3. The highest BCUT2D eigenvalue weighted by Crippen LogP contribution is 2.36. The third-order valence-corrected chi connectivity index (χ3v) is 4.11. The van der Waals surface area contributed by atoms with Gasteiger partial charge in [0.2, 0.25) is 5.91 Å². The highest BCUT2D eigenvalue weighted by molar-refractivity contribution is 9.10. The van der Waals surface area contributed by atoms with Gasteiger partial charge in [-0.25, -0.2) is 0 Å². The molecule has 1 amide bonds. The summed E-state index contributed by atoms with van der Waals surface area (Å²) >= 11 is 3.56. The van der Waals surface area contributed by atoms with E-state index in [1.165, 1.54) is 5.56 Å². The molecule has 1 aromatic rings. The molecule has 1 atom stereocenters. The molecule has 1 saturated heterocycles. The van der Waals surface area contributed by atoms with Gasteiger partial charge in [-0.05, 0) is 42.0 Å². The first-order valence-electron chi connectivity index (χ1n) is 7.44. The molecular formula is C17H24BrNO2. The van der Waals surface area contributed by atoms with E-state index in [9.17, 15) is 4.79 Å². The molecule has 0 radical (unpaired) electrons. The van der Waals surface area contributed by atoms with Crippen molar-refractivity contribution in [3.05, 3.63) is 27.7 Å². The summed E-state index contributed by atoms with van der Waals surface area (Å²) in [6.07, 6.45) is 1.53. The van der Waals surface area contributed by atoms with E-state index in [1.807, 2.05) is 13.0 Å². The molecule has 1 fully saturated rings. The van der Waals surface area contributed by atoms with Crippen molar-refractivity contribution < 1.29 is 9.53 Å². The van der Waals surface area contributed by atoms with Crippen LogP contribution in [0.25, 0.3) is 0 Å². The third kappa shape index (κ3) is 4.55. The van der Waals surface area contributed by atoms with Crippen molar-refractivity contribution >= 4 is 27.5 Å². The van der Waals surface area contributed by atoms with Gasteiger partial charge in [-0.2, -0.15) is 0 Å². The molecule has 1 aromatic carbocycles.